The monoisotopic (exact) mass is 324 g/mol. The zero-order valence-corrected chi connectivity index (χ0v) is 15.2. The normalized spacial score (nSPS) is 11.8. The third kappa shape index (κ3) is 4.85. The van der Waals surface area contributed by atoms with Crippen LogP contribution in [0, 0.1) is 5.92 Å². The van der Waals surface area contributed by atoms with Gasteiger partial charge < -0.3 is 10.1 Å². The lowest BCUT2D eigenvalue weighted by atomic mass is 9.98. The molecule has 1 aromatic carbocycles. The van der Waals surface area contributed by atoms with E-state index in [1.165, 1.54) is 10.9 Å². The van der Waals surface area contributed by atoms with Gasteiger partial charge in [-0.25, -0.2) is 4.98 Å². The van der Waals surface area contributed by atoms with Gasteiger partial charge in [0.05, 0.1) is 17.5 Å². The van der Waals surface area contributed by atoms with Gasteiger partial charge in [-0.05, 0) is 50.0 Å². The third-order valence-electron chi connectivity index (χ3n) is 3.80. The fourth-order valence-electron chi connectivity index (χ4n) is 2.58. The average molecular weight is 324 g/mol. The molecule has 1 aromatic heterocycles. The molecule has 1 heterocycles. The van der Waals surface area contributed by atoms with Crippen LogP contribution in [0.3, 0.4) is 0 Å². The number of benzene rings is 1. The van der Waals surface area contributed by atoms with Gasteiger partial charge >= 0.3 is 0 Å². The summed E-state index contributed by atoms with van der Waals surface area (Å²) in [4.78, 5) is 4.78. The number of ether oxygens (including phenoxy) is 1. The standard InChI is InChI=1S/C21H28N2O/c1-6-12-22-17(5)24-14-16(4)20-11-10-19-18(13-15(2)3)8-7-9-21(19)23-20/h7-11,14-15,22H,5-6,12-13H2,1-4H3/b16-14-. The maximum Gasteiger partial charge on any atom is 0.185 e. The van der Waals surface area contributed by atoms with Gasteiger partial charge in [0.1, 0.15) is 0 Å². The maximum atomic E-state index is 5.54. The highest BCUT2D eigenvalue weighted by Gasteiger charge is 2.06. The van der Waals surface area contributed by atoms with E-state index in [9.17, 15) is 0 Å². The zero-order valence-electron chi connectivity index (χ0n) is 15.2. The van der Waals surface area contributed by atoms with Gasteiger partial charge in [0.2, 0.25) is 0 Å². The van der Waals surface area contributed by atoms with Gasteiger partial charge in [-0.2, -0.15) is 0 Å². The zero-order chi connectivity index (χ0) is 17.5. The lowest BCUT2D eigenvalue weighted by molar-refractivity contribution is 0.318. The molecule has 128 valence electrons. The molecule has 3 nitrogen and oxygen atoms in total. The molecule has 2 rings (SSSR count). The summed E-state index contributed by atoms with van der Waals surface area (Å²) in [6.07, 6.45) is 3.81. The number of hydrogen-bond acceptors (Lipinski definition) is 3. The van der Waals surface area contributed by atoms with Crippen LogP contribution in [0.5, 0.6) is 0 Å². The minimum absolute atomic E-state index is 0.566. The third-order valence-corrected chi connectivity index (χ3v) is 3.80. The number of aromatic nitrogens is 1. The first kappa shape index (κ1) is 18.1. The van der Waals surface area contributed by atoms with Crippen molar-refractivity contribution in [3.63, 3.8) is 0 Å². The minimum Gasteiger partial charge on any atom is -0.449 e. The Balaban J connectivity index is 2.19. The number of nitrogens with one attached hydrogen (secondary N) is 1. The van der Waals surface area contributed by atoms with Crippen molar-refractivity contribution in [1.82, 2.24) is 10.3 Å². The summed E-state index contributed by atoms with van der Waals surface area (Å²) >= 11 is 0. The number of nitrogens with zero attached hydrogens (tertiary/aromatic N) is 1. The van der Waals surface area contributed by atoms with Crippen LogP contribution < -0.4 is 5.32 Å². The molecular formula is C21H28N2O. The number of fused-ring (bicyclic) bond motifs is 1. The van der Waals surface area contributed by atoms with Crippen molar-refractivity contribution in [3.05, 3.63) is 60.3 Å². The van der Waals surface area contributed by atoms with Crippen molar-refractivity contribution in [2.45, 2.75) is 40.5 Å². The highest BCUT2D eigenvalue weighted by Crippen LogP contribution is 2.23. The minimum atomic E-state index is 0.566. The van der Waals surface area contributed by atoms with E-state index in [4.69, 9.17) is 9.72 Å². The van der Waals surface area contributed by atoms with Crippen LogP contribution in [0.15, 0.2) is 49.1 Å². The van der Waals surface area contributed by atoms with Gasteiger partial charge in [0, 0.05) is 17.5 Å². The molecule has 1 N–H and O–H groups in total. The van der Waals surface area contributed by atoms with Crippen molar-refractivity contribution < 1.29 is 4.74 Å². The Bertz CT molecular complexity index is 732. The molecule has 0 fully saturated rings. The number of hydrogen-bond donors (Lipinski definition) is 1. The Kier molecular flexibility index (Phi) is 6.42. The quantitative estimate of drug-likeness (QED) is 0.671. The molecule has 24 heavy (non-hydrogen) atoms. The number of rotatable bonds is 8. The Morgan fingerprint density at radius 2 is 2.08 bits per heavy atom. The summed E-state index contributed by atoms with van der Waals surface area (Å²) in [6.45, 7) is 13.3. The molecule has 0 bridgehead atoms. The summed E-state index contributed by atoms with van der Waals surface area (Å²) in [5, 5.41) is 4.35. The van der Waals surface area contributed by atoms with Crippen molar-refractivity contribution in [2.75, 3.05) is 6.54 Å². The van der Waals surface area contributed by atoms with E-state index >= 15 is 0 Å². The molecule has 0 atom stereocenters. The SMILES string of the molecule is C=C(NCCC)O/C=C(/C)c1ccc2c(CC(C)C)cccc2n1. The van der Waals surface area contributed by atoms with Crippen LogP contribution in [0.25, 0.3) is 16.5 Å². The van der Waals surface area contributed by atoms with E-state index in [1.54, 1.807) is 6.26 Å². The predicted octanol–water partition coefficient (Wildman–Crippen LogP) is 5.28. The number of allylic oxidation sites excluding steroid dienone is 1. The van der Waals surface area contributed by atoms with Crippen LogP contribution >= 0.6 is 0 Å². The Hall–Kier alpha value is -2.29. The second-order valence-corrected chi connectivity index (χ2v) is 6.55. The summed E-state index contributed by atoms with van der Waals surface area (Å²) in [5.41, 5.74) is 4.29. The van der Waals surface area contributed by atoms with Crippen LogP contribution in [-0.4, -0.2) is 11.5 Å². The van der Waals surface area contributed by atoms with Crippen molar-refractivity contribution in [3.8, 4) is 0 Å². The van der Waals surface area contributed by atoms with E-state index in [0.717, 1.165) is 36.2 Å². The fourth-order valence-corrected chi connectivity index (χ4v) is 2.58. The molecule has 3 heteroatoms. The van der Waals surface area contributed by atoms with Crippen LogP contribution in [0.1, 0.15) is 45.4 Å². The fraction of sp³-hybridized carbons (Fsp3) is 0.381. The Morgan fingerprint density at radius 1 is 1.29 bits per heavy atom. The van der Waals surface area contributed by atoms with Crippen LogP contribution in [0.2, 0.25) is 0 Å². The van der Waals surface area contributed by atoms with Crippen molar-refractivity contribution in [1.29, 1.82) is 0 Å². The molecule has 0 aliphatic heterocycles. The largest absolute Gasteiger partial charge is 0.449 e. The predicted molar refractivity (Wildman–Crippen MR) is 102 cm³/mol. The van der Waals surface area contributed by atoms with Gasteiger partial charge in [0.15, 0.2) is 5.88 Å². The first-order valence-corrected chi connectivity index (χ1v) is 8.66. The van der Waals surface area contributed by atoms with Gasteiger partial charge in [0.25, 0.3) is 0 Å². The lowest BCUT2D eigenvalue weighted by Gasteiger charge is -2.11. The van der Waals surface area contributed by atoms with Crippen molar-refractivity contribution in [2.24, 2.45) is 5.92 Å². The molecule has 0 aliphatic rings. The van der Waals surface area contributed by atoms with Crippen LogP contribution in [-0.2, 0) is 11.2 Å². The molecule has 0 radical (unpaired) electrons. The summed E-state index contributed by atoms with van der Waals surface area (Å²) < 4.78 is 5.54. The second kappa shape index (κ2) is 8.53. The molecule has 0 saturated carbocycles. The van der Waals surface area contributed by atoms with Gasteiger partial charge in [-0.15, -0.1) is 0 Å². The molecular weight excluding hydrogens is 296 g/mol. The number of pyridine rings is 1. The van der Waals surface area contributed by atoms with E-state index in [0.29, 0.717) is 11.8 Å². The van der Waals surface area contributed by atoms with Crippen LogP contribution in [0.4, 0.5) is 0 Å². The smallest absolute Gasteiger partial charge is 0.185 e. The van der Waals surface area contributed by atoms with E-state index in [2.05, 4.69) is 63.0 Å². The molecule has 0 saturated heterocycles. The maximum absolute atomic E-state index is 5.54. The van der Waals surface area contributed by atoms with E-state index in [1.807, 2.05) is 6.92 Å². The Labute approximate surface area is 145 Å². The first-order valence-electron chi connectivity index (χ1n) is 8.66. The van der Waals surface area contributed by atoms with Gasteiger partial charge in [-0.1, -0.05) is 39.0 Å². The summed E-state index contributed by atoms with van der Waals surface area (Å²) in [7, 11) is 0. The summed E-state index contributed by atoms with van der Waals surface area (Å²) in [6, 6.07) is 10.6. The first-order chi connectivity index (χ1) is 11.5. The topological polar surface area (TPSA) is 34.1 Å². The molecule has 2 aromatic rings. The van der Waals surface area contributed by atoms with Crippen molar-refractivity contribution >= 4 is 16.5 Å². The highest BCUT2D eigenvalue weighted by molar-refractivity contribution is 5.84. The lowest BCUT2D eigenvalue weighted by Crippen LogP contribution is -2.13. The summed E-state index contributed by atoms with van der Waals surface area (Å²) in [5.74, 6) is 1.20. The average Bonchev–Trinajstić information content (AvgIpc) is 2.57. The molecule has 0 aliphatic carbocycles. The highest BCUT2D eigenvalue weighted by atomic mass is 16.5. The van der Waals surface area contributed by atoms with E-state index < -0.39 is 0 Å². The molecule has 0 spiro atoms. The van der Waals surface area contributed by atoms with Gasteiger partial charge in [-0.3, -0.25) is 0 Å². The van der Waals surface area contributed by atoms with E-state index in [-0.39, 0.29) is 0 Å². The molecule has 0 unspecified atom stereocenters. The Morgan fingerprint density at radius 3 is 2.79 bits per heavy atom. The second-order valence-electron chi connectivity index (χ2n) is 6.55. The molecule has 0 amide bonds.